The Hall–Kier alpha value is -0.527. The molecule has 2 aromatic rings. The van der Waals surface area contributed by atoms with Crippen LogP contribution in [0.1, 0.15) is 89.2 Å². The summed E-state index contributed by atoms with van der Waals surface area (Å²) < 4.78 is 32.0. The minimum atomic E-state index is -2.39. The molecule has 2 aromatic carbocycles. The van der Waals surface area contributed by atoms with E-state index in [-0.39, 0.29) is 0 Å². The van der Waals surface area contributed by atoms with Crippen LogP contribution in [0.5, 0.6) is 0 Å². The first-order valence-corrected chi connectivity index (χ1v) is 23.0. The van der Waals surface area contributed by atoms with E-state index in [9.17, 15) is 0 Å². The Balaban J connectivity index is 0.862. The zero-order valence-corrected chi connectivity index (χ0v) is 30.3. The Morgan fingerprint density at radius 1 is 0.595 bits per heavy atom. The summed E-state index contributed by atoms with van der Waals surface area (Å²) >= 11 is -4.77. The summed E-state index contributed by atoms with van der Waals surface area (Å²) in [6.07, 6.45) is 14.1. The second-order valence-corrected chi connectivity index (χ2v) is 21.7. The molecule has 0 radical (unpaired) electrons. The number of benzene rings is 2. The van der Waals surface area contributed by atoms with E-state index in [1.165, 1.54) is 86.5 Å². The van der Waals surface area contributed by atoms with E-state index in [1.807, 2.05) is 0 Å². The van der Waals surface area contributed by atoms with Crippen LogP contribution in [0.15, 0.2) is 48.5 Å². The molecule has 4 saturated heterocycles. The fraction of sp³-hybridized carbons (Fsp3) is 0.647. The van der Waals surface area contributed by atoms with Crippen molar-refractivity contribution in [3.63, 3.8) is 0 Å². The van der Waals surface area contributed by atoms with Crippen molar-refractivity contribution >= 4 is 34.4 Å². The van der Waals surface area contributed by atoms with Gasteiger partial charge in [0, 0.05) is 0 Å². The minimum absolute atomic E-state index is 0.436. The first-order valence-electron chi connectivity index (χ1n) is 16.9. The van der Waals surface area contributed by atoms with Crippen LogP contribution in [0.25, 0.3) is 11.1 Å². The molecule has 0 amide bonds. The van der Waals surface area contributed by atoms with Crippen molar-refractivity contribution in [2.75, 3.05) is 0 Å². The van der Waals surface area contributed by atoms with Gasteiger partial charge < -0.3 is 0 Å². The molecular formula is C34H46Ga2N2O4. The molecule has 6 aliphatic rings. The van der Waals surface area contributed by atoms with Crippen LogP contribution in [0.2, 0.25) is 0 Å². The van der Waals surface area contributed by atoms with Gasteiger partial charge in [-0.2, -0.15) is 0 Å². The van der Waals surface area contributed by atoms with Crippen molar-refractivity contribution in [2.45, 2.75) is 128 Å². The van der Waals surface area contributed by atoms with E-state index in [2.05, 4.69) is 69.6 Å². The van der Waals surface area contributed by atoms with E-state index < -0.39 is 34.4 Å². The van der Waals surface area contributed by atoms with Crippen molar-refractivity contribution in [3.05, 3.63) is 59.7 Å². The molecule has 4 aliphatic heterocycles. The molecule has 0 N–H and O–H groups in total. The van der Waals surface area contributed by atoms with Gasteiger partial charge in [-0.3, -0.25) is 0 Å². The molecule has 0 spiro atoms. The first-order chi connectivity index (χ1) is 20.6. The molecule has 8 heteroatoms. The predicted octanol–water partition coefficient (Wildman–Crippen LogP) is 6.46. The van der Waals surface area contributed by atoms with Crippen molar-refractivity contribution in [1.29, 1.82) is 0 Å². The average Bonchev–Trinajstić information content (AvgIpc) is 3.60. The van der Waals surface area contributed by atoms with Crippen LogP contribution in [-0.2, 0) is 27.3 Å². The van der Waals surface area contributed by atoms with E-state index in [0.29, 0.717) is 49.6 Å². The molecule has 0 aromatic heterocycles. The number of rotatable bonds is 7. The van der Waals surface area contributed by atoms with Gasteiger partial charge in [0.05, 0.1) is 0 Å². The third-order valence-corrected chi connectivity index (χ3v) is 21.5. The third-order valence-electron chi connectivity index (χ3n) is 11.6. The fourth-order valence-corrected chi connectivity index (χ4v) is 20.3. The van der Waals surface area contributed by atoms with Crippen molar-refractivity contribution < 1.29 is 14.1 Å². The van der Waals surface area contributed by atoms with Crippen LogP contribution in [0.4, 0.5) is 0 Å². The van der Waals surface area contributed by atoms with Gasteiger partial charge in [-0.05, 0) is 0 Å². The fourth-order valence-electron chi connectivity index (χ4n) is 9.36. The Morgan fingerprint density at radius 3 is 1.45 bits per heavy atom. The number of nitrogens with zero attached hydrogens (tertiary/aromatic N) is 2. The molecule has 2 saturated carbocycles. The van der Waals surface area contributed by atoms with E-state index in [4.69, 9.17) is 14.1 Å². The quantitative estimate of drug-likeness (QED) is 0.312. The summed E-state index contributed by atoms with van der Waals surface area (Å²) in [5.74, 6) is 1.67. The number of hydrogen-bond acceptors (Lipinski definition) is 6. The molecule has 6 nitrogen and oxygen atoms in total. The van der Waals surface area contributed by atoms with Gasteiger partial charge in [0.15, 0.2) is 0 Å². The molecule has 6 fully saturated rings. The molecule has 42 heavy (non-hydrogen) atoms. The Bertz CT molecular complexity index is 1140. The number of piperidine rings is 2. The van der Waals surface area contributed by atoms with Gasteiger partial charge in [0.25, 0.3) is 0 Å². The maximum absolute atomic E-state index is 6.65. The molecule has 0 bridgehead atoms. The molecule has 4 heterocycles. The molecule has 8 rings (SSSR count). The summed E-state index contributed by atoms with van der Waals surface area (Å²) in [7, 11) is 0. The van der Waals surface area contributed by atoms with Crippen LogP contribution >= 0.6 is 0 Å². The molecule has 222 valence electrons. The van der Waals surface area contributed by atoms with Crippen molar-refractivity contribution in [2.24, 2.45) is 11.8 Å². The maximum atomic E-state index is 6.65. The normalized spacial score (nSPS) is 36.2. The van der Waals surface area contributed by atoms with Crippen molar-refractivity contribution in [1.82, 2.24) is 7.21 Å². The third kappa shape index (κ3) is 5.46. The molecule has 8 atom stereocenters. The topological polar surface area (TPSA) is 43.4 Å². The monoisotopic (exact) mass is 684 g/mol. The van der Waals surface area contributed by atoms with Gasteiger partial charge in [-0.25, -0.2) is 0 Å². The average molecular weight is 686 g/mol. The van der Waals surface area contributed by atoms with Crippen LogP contribution in [0.3, 0.4) is 0 Å². The van der Waals surface area contributed by atoms with Crippen LogP contribution in [-0.4, -0.2) is 78.0 Å². The summed E-state index contributed by atoms with van der Waals surface area (Å²) in [6, 6.07) is 20.4. The van der Waals surface area contributed by atoms with Crippen LogP contribution in [0, 0.1) is 11.8 Å². The molecule has 8 unspecified atom stereocenters. The predicted molar refractivity (Wildman–Crippen MR) is 166 cm³/mol. The Kier molecular flexibility index (Phi) is 8.50. The zero-order chi connectivity index (χ0) is 28.2. The van der Waals surface area contributed by atoms with Crippen molar-refractivity contribution in [3.8, 4) is 11.1 Å². The summed E-state index contributed by atoms with van der Waals surface area (Å²) in [5, 5.41) is 0. The van der Waals surface area contributed by atoms with E-state index in [0.717, 1.165) is 11.8 Å². The first kappa shape index (κ1) is 28.9. The number of hydrogen-bond donors (Lipinski definition) is 0. The van der Waals surface area contributed by atoms with Gasteiger partial charge in [-0.1, -0.05) is 0 Å². The summed E-state index contributed by atoms with van der Waals surface area (Å²) in [5.41, 5.74) is 4.98. The van der Waals surface area contributed by atoms with Gasteiger partial charge >= 0.3 is 266 Å². The molecule has 2 aliphatic carbocycles. The van der Waals surface area contributed by atoms with Gasteiger partial charge in [0.2, 0.25) is 0 Å². The SMILES string of the molecule is CC1CCC2CCCC3[O][Ga]([O]Cc4ccc(-c5ccc(C[O][Ga]6[O]C7CCCC8CCC(C)[N]6C87)cc5)cc4)[N]1C23. The van der Waals surface area contributed by atoms with Crippen LogP contribution < -0.4 is 0 Å². The molecular weight excluding hydrogens is 640 g/mol. The van der Waals surface area contributed by atoms with E-state index in [1.54, 1.807) is 0 Å². The Morgan fingerprint density at radius 2 is 1.02 bits per heavy atom. The van der Waals surface area contributed by atoms with E-state index >= 15 is 0 Å². The Labute approximate surface area is 264 Å². The van der Waals surface area contributed by atoms with Gasteiger partial charge in [-0.15, -0.1) is 0 Å². The summed E-state index contributed by atoms with van der Waals surface area (Å²) in [6.45, 7) is 6.12. The summed E-state index contributed by atoms with van der Waals surface area (Å²) in [4.78, 5) is 0. The standard InChI is InChI=1S/C14H12O2.2C10H17NO.2Ga/c15-9-11-1-5-13(6-2-11)14-7-3-12(10-16)4-8-14;2*1-7-5-6-8-3-2-4-9(12)10(8)11-7;;/h1-8H,9-10H2;2*7-10H,2-6H2,1H3;;/q3*-2;2*+3. The second kappa shape index (κ2) is 12.3. The van der Waals surface area contributed by atoms with Gasteiger partial charge in [0.1, 0.15) is 0 Å². The second-order valence-electron chi connectivity index (χ2n) is 14.1. The zero-order valence-electron chi connectivity index (χ0n) is 25.4.